The molecule has 0 aromatic rings. The summed E-state index contributed by atoms with van der Waals surface area (Å²) in [5.74, 6) is 1.25. The van der Waals surface area contributed by atoms with Crippen molar-refractivity contribution in [3.8, 4) is 0 Å². The first kappa shape index (κ1) is 15.6. The van der Waals surface area contributed by atoms with Crippen LogP contribution in [0.25, 0.3) is 0 Å². The van der Waals surface area contributed by atoms with Crippen molar-refractivity contribution < 1.29 is 4.74 Å². The van der Waals surface area contributed by atoms with Gasteiger partial charge in [0, 0.05) is 25.2 Å². The van der Waals surface area contributed by atoms with Gasteiger partial charge in [-0.3, -0.25) is 0 Å². The summed E-state index contributed by atoms with van der Waals surface area (Å²) in [7, 11) is 2.24. The van der Waals surface area contributed by atoms with Crippen LogP contribution >= 0.6 is 11.8 Å². The van der Waals surface area contributed by atoms with Gasteiger partial charge in [-0.1, -0.05) is 0 Å². The Labute approximate surface area is 122 Å². The summed E-state index contributed by atoms with van der Waals surface area (Å²) in [6, 6.07) is 1.47. The topological polar surface area (TPSA) is 24.5 Å². The number of hydrogen-bond donors (Lipinski definition) is 1. The van der Waals surface area contributed by atoms with Crippen LogP contribution in [0.1, 0.15) is 39.0 Å². The van der Waals surface area contributed by atoms with E-state index >= 15 is 0 Å². The zero-order valence-corrected chi connectivity index (χ0v) is 13.5. The normalized spacial score (nSPS) is 29.1. The van der Waals surface area contributed by atoms with E-state index in [1.165, 1.54) is 37.9 Å². The summed E-state index contributed by atoms with van der Waals surface area (Å²) in [6.07, 6.45) is 9.57. The van der Waals surface area contributed by atoms with Crippen molar-refractivity contribution in [3.05, 3.63) is 0 Å². The van der Waals surface area contributed by atoms with Crippen molar-refractivity contribution in [2.75, 3.05) is 32.1 Å². The van der Waals surface area contributed by atoms with E-state index in [0.29, 0.717) is 18.2 Å². The average Bonchev–Trinajstić information content (AvgIpc) is 3.13. The summed E-state index contributed by atoms with van der Waals surface area (Å²) in [6.45, 7) is 4.49. The van der Waals surface area contributed by atoms with E-state index in [4.69, 9.17) is 4.74 Å². The monoisotopic (exact) mass is 286 g/mol. The second kappa shape index (κ2) is 7.87. The third-order valence-electron chi connectivity index (χ3n) is 4.39. The molecule has 3 unspecified atom stereocenters. The maximum atomic E-state index is 6.16. The molecule has 112 valence electrons. The summed E-state index contributed by atoms with van der Waals surface area (Å²) in [5, 5.41) is 3.58. The van der Waals surface area contributed by atoms with Gasteiger partial charge in [0.2, 0.25) is 0 Å². The molecule has 1 N–H and O–H groups in total. The van der Waals surface area contributed by atoms with Gasteiger partial charge in [-0.05, 0) is 58.1 Å². The molecule has 0 spiro atoms. The molecule has 4 heteroatoms. The fourth-order valence-electron chi connectivity index (χ4n) is 2.66. The Morgan fingerprint density at radius 3 is 2.68 bits per heavy atom. The van der Waals surface area contributed by atoms with Gasteiger partial charge in [0.25, 0.3) is 0 Å². The number of nitrogens with one attached hydrogen (secondary N) is 1. The quantitative estimate of drug-likeness (QED) is 0.703. The Bertz CT molecular complexity index is 261. The highest BCUT2D eigenvalue weighted by atomic mass is 32.2. The minimum absolute atomic E-state index is 0.452. The molecule has 19 heavy (non-hydrogen) atoms. The van der Waals surface area contributed by atoms with Crippen LogP contribution in [0.4, 0.5) is 0 Å². The molecule has 1 saturated heterocycles. The van der Waals surface area contributed by atoms with Crippen molar-refractivity contribution >= 4 is 11.8 Å². The van der Waals surface area contributed by atoms with E-state index in [1.54, 1.807) is 0 Å². The lowest BCUT2D eigenvalue weighted by Crippen LogP contribution is -2.37. The van der Waals surface area contributed by atoms with Crippen molar-refractivity contribution in [2.45, 2.75) is 63.3 Å². The molecular formula is C15H30N2OS. The maximum absolute atomic E-state index is 6.16. The van der Waals surface area contributed by atoms with Gasteiger partial charge >= 0.3 is 0 Å². The highest BCUT2D eigenvalue weighted by Gasteiger charge is 2.29. The van der Waals surface area contributed by atoms with Crippen molar-refractivity contribution in [1.29, 1.82) is 0 Å². The van der Waals surface area contributed by atoms with Gasteiger partial charge in [0.1, 0.15) is 0 Å². The van der Waals surface area contributed by atoms with Gasteiger partial charge in [-0.15, -0.1) is 0 Å². The minimum atomic E-state index is 0.452. The number of hydrogen-bond acceptors (Lipinski definition) is 4. The Morgan fingerprint density at radius 1 is 1.26 bits per heavy atom. The fraction of sp³-hybridized carbons (Fsp3) is 1.00. The number of rotatable bonds is 9. The van der Waals surface area contributed by atoms with Crippen LogP contribution in [0.2, 0.25) is 0 Å². The number of likely N-dealkylation sites (N-methyl/N-ethyl adjacent to an activating group) is 1. The predicted octanol–water partition coefficient (Wildman–Crippen LogP) is 2.36. The van der Waals surface area contributed by atoms with Gasteiger partial charge in [-0.25, -0.2) is 0 Å². The smallest absolute Gasteiger partial charge is 0.0707 e. The lowest BCUT2D eigenvalue weighted by Gasteiger charge is -2.27. The lowest BCUT2D eigenvalue weighted by atomic mass is 10.1. The fourth-order valence-corrected chi connectivity index (χ4v) is 3.24. The van der Waals surface area contributed by atoms with Gasteiger partial charge in [-0.2, -0.15) is 11.8 Å². The number of ether oxygens (including phenoxy) is 1. The van der Waals surface area contributed by atoms with E-state index in [2.05, 4.69) is 30.4 Å². The molecule has 2 aliphatic rings. The van der Waals surface area contributed by atoms with Crippen LogP contribution < -0.4 is 5.32 Å². The minimum Gasteiger partial charge on any atom is -0.372 e. The lowest BCUT2D eigenvalue weighted by molar-refractivity contribution is 0.0215. The average molecular weight is 286 g/mol. The highest BCUT2D eigenvalue weighted by Crippen LogP contribution is 2.23. The van der Waals surface area contributed by atoms with Crippen LogP contribution in [0.15, 0.2) is 0 Å². The first-order chi connectivity index (χ1) is 9.19. The zero-order chi connectivity index (χ0) is 13.7. The second-order valence-corrected chi connectivity index (χ2v) is 7.20. The molecule has 0 amide bonds. The van der Waals surface area contributed by atoms with Gasteiger partial charge in [0.05, 0.1) is 12.2 Å². The summed E-state index contributed by atoms with van der Waals surface area (Å²) >= 11 is 1.94. The third-order valence-corrected chi connectivity index (χ3v) is 5.03. The van der Waals surface area contributed by atoms with E-state index in [1.807, 2.05) is 11.8 Å². The highest BCUT2D eigenvalue weighted by molar-refractivity contribution is 7.98. The SMILES string of the molecule is CSCCC(C)N(C)CC1CCC(CNC2CC2)O1. The molecule has 0 aromatic carbocycles. The maximum Gasteiger partial charge on any atom is 0.0707 e. The van der Waals surface area contributed by atoms with Gasteiger partial charge < -0.3 is 15.0 Å². The molecule has 0 bridgehead atoms. The van der Waals surface area contributed by atoms with Crippen molar-refractivity contribution in [1.82, 2.24) is 10.2 Å². The largest absolute Gasteiger partial charge is 0.372 e. The van der Waals surface area contributed by atoms with E-state index in [0.717, 1.165) is 19.1 Å². The molecule has 0 radical (unpaired) electrons. The molecule has 1 aliphatic carbocycles. The molecular weight excluding hydrogens is 256 g/mol. The van der Waals surface area contributed by atoms with Crippen molar-refractivity contribution in [2.24, 2.45) is 0 Å². The molecule has 2 fully saturated rings. The molecule has 1 aliphatic heterocycles. The third kappa shape index (κ3) is 5.62. The van der Waals surface area contributed by atoms with Crippen LogP contribution in [0, 0.1) is 0 Å². The summed E-state index contributed by atoms with van der Waals surface area (Å²) in [5.41, 5.74) is 0. The summed E-state index contributed by atoms with van der Waals surface area (Å²) < 4.78 is 6.16. The van der Waals surface area contributed by atoms with E-state index < -0.39 is 0 Å². The van der Waals surface area contributed by atoms with Crippen LogP contribution in [-0.4, -0.2) is 61.3 Å². The van der Waals surface area contributed by atoms with Crippen LogP contribution in [0.3, 0.4) is 0 Å². The Morgan fingerprint density at radius 2 is 2.00 bits per heavy atom. The van der Waals surface area contributed by atoms with Crippen molar-refractivity contribution in [3.63, 3.8) is 0 Å². The molecule has 0 aromatic heterocycles. The van der Waals surface area contributed by atoms with E-state index in [9.17, 15) is 0 Å². The number of nitrogens with zero attached hydrogens (tertiary/aromatic N) is 1. The first-order valence-corrected chi connectivity index (χ1v) is 9.16. The summed E-state index contributed by atoms with van der Waals surface area (Å²) in [4.78, 5) is 2.47. The first-order valence-electron chi connectivity index (χ1n) is 7.77. The molecule has 1 heterocycles. The van der Waals surface area contributed by atoms with Crippen LogP contribution in [-0.2, 0) is 4.74 Å². The van der Waals surface area contributed by atoms with Gasteiger partial charge in [0.15, 0.2) is 0 Å². The molecule has 3 nitrogen and oxygen atoms in total. The standard InChI is InChI=1S/C15H30N2OS/c1-12(8-9-19-3)17(2)11-15-7-6-14(18-15)10-16-13-4-5-13/h12-16H,4-11H2,1-3H3. The Balaban J connectivity index is 1.60. The molecule has 3 atom stereocenters. The molecule has 1 saturated carbocycles. The van der Waals surface area contributed by atoms with Crippen LogP contribution in [0.5, 0.6) is 0 Å². The number of thioether (sulfide) groups is 1. The second-order valence-electron chi connectivity index (χ2n) is 6.21. The predicted molar refractivity (Wildman–Crippen MR) is 84.0 cm³/mol. The zero-order valence-electron chi connectivity index (χ0n) is 12.7. The molecule has 2 rings (SSSR count). The van der Waals surface area contributed by atoms with E-state index in [-0.39, 0.29) is 0 Å². The Kier molecular flexibility index (Phi) is 6.46. The Hall–Kier alpha value is 0.230.